The van der Waals surface area contributed by atoms with Crippen molar-refractivity contribution in [2.75, 3.05) is 0 Å². The van der Waals surface area contributed by atoms with E-state index in [1.807, 2.05) is 72.8 Å². The van der Waals surface area contributed by atoms with Crippen LogP contribution in [-0.4, -0.2) is 8.80 Å². The van der Waals surface area contributed by atoms with Crippen LogP contribution in [0.1, 0.15) is 0 Å². The minimum absolute atomic E-state index is 0.0507. The molecule has 0 bridgehead atoms. The third-order valence-corrected chi connectivity index (χ3v) is 10.1. The summed E-state index contributed by atoms with van der Waals surface area (Å²) >= 11 is 0. The lowest BCUT2D eigenvalue weighted by atomic mass is 9.92. The number of hydrogen-bond acceptors (Lipinski definition) is 2. The van der Waals surface area contributed by atoms with Crippen LogP contribution in [0.25, 0.3) is 98.1 Å². The molecule has 4 heterocycles. The van der Waals surface area contributed by atoms with Crippen molar-refractivity contribution in [2.24, 2.45) is 0 Å². The lowest BCUT2D eigenvalue weighted by molar-refractivity contribution is 1.32. The molecule has 212 valence electrons. The van der Waals surface area contributed by atoms with Gasteiger partial charge in [0.2, 0.25) is 0 Å². The largest absolute Gasteiger partial charge is 0.308 e. The number of aromatic nitrogens is 2. The van der Waals surface area contributed by atoms with E-state index in [-0.39, 0.29) is 10.9 Å². The van der Waals surface area contributed by atoms with Crippen LogP contribution in [0.2, 0.25) is 0 Å². The topological polar surface area (TPSA) is 43.0 Å². The first-order valence-electron chi connectivity index (χ1n) is 15.5. The zero-order valence-electron chi connectivity index (χ0n) is 24.4. The van der Waals surface area contributed by atoms with Gasteiger partial charge in [0.1, 0.15) is 0 Å². The van der Waals surface area contributed by atoms with Crippen LogP contribution in [0.5, 0.6) is 0 Å². The molecular formula is C42H22N2O2. The Labute approximate surface area is 260 Å². The fourth-order valence-corrected chi connectivity index (χ4v) is 8.28. The summed E-state index contributed by atoms with van der Waals surface area (Å²) in [5, 5.41) is 9.47. The summed E-state index contributed by atoms with van der Waals surface area (Å²) in [6.07, 6.45) is 0. The molecule has 0 atom stereocenters. The Hall–Kier alpha value is -6.26. The normalized spacial score (nSPS) is 12.5. The molecule has 0 spiro atoms. The molecule has 4 heteroatoms. The monoisotopic (exact) mass is 586 g/mol. The second-order valence-electron chi connectivity index (χ2n) is 12.4. The van der Waals surface area contributed by atoms with E-state index >= 15 is 0 Å². The lowest BCUT2D eigenvalue weighted by Crippen LogP contribution is -2.06. The van der Waals surface area contributed by atoms with E-state index in [0.717, 1.165) is 71.2 Å². The van der Waals surface area contributed by atoms with E-state index in [9.17, 15) is 9.59 Å². The van der Waals surface area contributed by atoms with Crippen molar-refractivity contribution >= 4 is 87.0 Å². The Bertz CT molecular complexity index is 3060. The second kappa shape index (κ2) is 8.26. The van der Waals surface area contributed by atoms with Crippen molar-refractivity contribution in [3.05, 3.63) is 154 Å². The smallest absolute Gasteiger partial charge is 0.197 e. The van der Waals surface area contributed by atoms with Gasteiger partial charge in [0.15, 0.2) is 10.9 Å². The van der Waals surface area contributed by atoms with Gasteiger partial charge in [-0.1, -0.05) is 84.9 Å². The van der Waals surface area contributed by atoms with Gasteiger partial charge in [-0.05, 0) is 64.9 Å². The average molecular weight is 587 g/mol. The molecule has 0 saturated heterocycles. The molecule has 4 aromatic heterocycles. The van der Waals surface area contributed by atoms with Crippen molar-refractivity contribution in [3.8, 4) is 11.1 Å². The summed E-state index contributed by atoms with van der Waals surface area (Å²) in [5.74, 6) is 0. The molecule has 46 heavy (non-hydrogen) atoms. The van der Waals surface area contributed by atoms with E-state index in [2.05, 4.69) is 69.5 Å². The molecule has 0 unspecified atom stereocenters. The van der Waals surface area contributed by atoms with E-state index in [1.54, 1.807) is 0 Å². The van der Waals surface area contributed by atoms with Gasteiger partial charge in [-0.3, -0.25) is 9.59 Å². The number of nitrogens with zero attached hydrogens (tertiary/aromatic N) is 2. The van der Waals surface area contributed by atoms with Gasteiger partial charge in [0.05, 0.1) is 33.1 Å². The molecule has 4 nitrogen and oxygen atoms in total. The first-order valence-corrected chi connectivity index (χ1v) is 15.5. The number of para-hydroxylation sites is 4. The van der Waals surface area contributed by atoms with Crippen molar-refractivity contribution < 1.29 is 0 Å². The maximum atomic E-state index is 13.9. The van der Waals surface area contributed by atoms with Gasteiger partial charge >= 0.3 is 0 Å². The van der Waals surface area contributed by atoms with Crippen molar-refractivity contribution in [1.29, 1.82) is 0 Å². The van der Waals surface area contributed by atoms with Crippen LogP contribution in [0.4, 0.5) is 0 Å². The maximum Gasteiger partial charge on any atom is 0.197 e. The minimum Gasteiger partial charge on any atom is -0.308 e. The first kappa shape index (κ1) is 24.1. The third-order valence-electron chi connectivity index (χ3n) is 10.1. The van der Waals surface area contributed by atoms with Crippen LogP contribution in [0.15, 0.2) is 143 Å². The third kappa shape index (κ3) is 2.76. The number of pyridine rings is 2. The van der Waals surface area contributed by atoms with Crippen LogP contribution >= 0.6 is 0 Å². The fraction of sp³-hybridized carbons (Fsp3) is 0. The summed E-state index contributed by atoms with van der Waals surface area (Å²) in [6, 6.07) is 45.5. The zero-order valence-corrected chi connectivity index (χ0v) is 24.4. The van der Waals surface area contributed by atoms with E-state index < -0.39 is 0 Å². The number of fused-ring (bicyclic) bond motifs is 11. The molecule has 0 fully saturated rings. The fourth-order valence-electron chi connectivity index (χ4n) is 8.28. The summed E-state index contributed by atoms with van der Waals surface area (Å²) in [6.45, 7) is 0. The molecule has 11 rings (SSSR count). The van der Waals surface area contributed by atoms with Crippen molar-refractivity contribution in [1.82, 2.24) is 8.80 Å². The minimum atomic E-state index is 0.0507. The predicted molar refractivity (Wildman–Crippen MR) is 191 cm³/mol. The average Bonchev–Trinajstić information content (AvgIpc) is 3.62. The highest BCUT2D eigenvalue weighted by atomic mass is 16.1. The van der Waals surface area contributed by atoms with Crippen LogP contribution in [0.3, 0.4) is 0 Å². The maximum absolute atomic E-state index is 13.9. The Kier molecular flexibility index (Phi) is 4.33. The molecule has 0 N–H and O–H groups in total. The molecule has 0 amide bonds. The Balaban J connectivity index is 1.52. The highest BCUT2D eigenvalue weighted by molar-refractivity contribution is 6.31. The first-order chi connectivity index (χ1) is 22.7. The standard InChI is InChI=1S/C42H22N2O2/c45-41-26-11-3-5-17-32(26)43-34-22-35-38(29-14-8-16-31-40(29)44(35)33-18-6-4-12-27(33)42(31)46)36(37(34)28-13-7-15-30(41)39(28)43)25-20-19-23-9-1-2-10-24(23)21-25/h1-22H. The van der Waals surface area contributed by atoms with E-state index in [0.29, 0.717) is 21.5 Å². The van der Waals surface area contributed by atoms with Crippen LogP contribution < -0.4 is 10.9 Å². The summed E-state index contributed by atoms with van der Waals surface area (Å²) in [5.41, 5.74) is 8.04. The number of benzene rings is 7. The van der Waals surface area contributed by atoms with Crippen LogP contribution in [-0.2, 0) is 0 Å². The molecule has 0 aliphatic carbocycles. The second-order valence-corrected chi connectivity index (χ2v) is 12.4. The van der Waals surface area contributed by atoms with E-state index in [4.69, 9.17) is 0 Å². The Morgan fingerprint density at radius 2 is 0.848 bits per heavy atom. The molecule has 0 aliphatic rings. The molecule has 7 aromatic carbocycles. The molecule has 0 aliphatic heterocycles. The highest BCUT2D eigenvalue weighted by Gasteiger charge is 2.26. The van der Waals surface area contributed by atoms with Gasteiger partial charge in [0, 0.05) is 48.7 Å². The molecule has 0 saturated carbocycles. The van der Waals surface area contributed by atoms with Gasteiger partial charge in [-0.15, -0.1) is 0 Å². The van der Waals surface area contributed by atoms with Gasteiger partial charge < -0.3 is 8.80 Å². The van der Waals surface area contributed by atoms with Crippen molar-refractivity contribution in [3.63, 3.8) is 0 Å². The Morgan fingerprint density at radius 3 is 1.43 bits per heavy atom. The SMILES string of the molecule is O=c1c2ccccc2n2c3cc4c(c(-c5ccc6ccccc6c5)c3c3cccc1c32)c1cccc2c(=O)c3ccccc3n4c21. The zero-order chi connectivity index (χ0) is 30.3. The summed E-state index contributed by atoms with van der Waals surface area (Å²) < 4.78 is 4.57. The van der Waals surface area contributed by atoms with Gasteiger partial charge in [-0.25, -0.2) is 0 Å². The van der Waals surface area contributed by atoms with Gasteiger partial charge in [0.25, 0.3) is 0 Å². The highest BCUT2D eigenvalue weighted by Crippen LogP contribution is 2.47. The predicted octanol–water partition coefficient (Wildman–Crippen LogP) is 9.53. The lowest BCUT2D eigenvalue weighted by Gasteiger charge is -2.11. The number of hydrogen-bond donors (Lipinski definition) is 0. The van der Waals surface area contributed by atoms with Crippen molar-refractivity contribution in [2.45, 2.75) is 0 Å². The quantitative estimate of drug-likeness (QED) is 0.180. The summed E-state index contributed by atoms with van der Waals surface area (Å²) in [4.78, 5) is 27.8. The number of rotatable bonds is 1. The van der Waals surface area contributed by atoms with Gasteiger partial charge in [-0.2, -0.15) is 0 Å². The summed E-state index contributed by atoms with van der Waals surface area (Å²) in [7, 11) is 0. The molecule has 11 aromatic rings. The molecular weight excluding hydrogens is 564 g/mol. The van der Waals surface area contributed by atoms with Crippen LogP contribution in [0, 0.1) is 0 Å². The molecule has 0 radical (unpaired) electrons. The Morgan fingerprint density at radius 1 is 0.370 bits per heavy atom. The van der Waals surface area contributed by atoms with E-state index in [1.165, 1.54) is 5.39 Å².